The molecule has 0 N–H and O–H groups in total. The van der Waals surface area contributed by atoms with E-state index in [-0.39, 0.29) is 0 Å². The Bertz CT molecular complexity index is 611. The van der Waals surface area contributed by atoms with Crippen molar-refractivity contribution in [2.45, 2.75) is 6.92 Å². The summed E-state index contributed by atoms with van der Waals surface area (Å²) < 4.78 is 0. The molecule has 0 atom stereocenters. The monoisotopic (exact) mass is 237 g/mol. The number of fused-ring (bicyclic) bond motifs is 1. The van der Waals surface area contributed by atoms with Gasteiger partial charge in [0.25, 0.3) is 0 Å². The van der Waals surface area contributed by atoms with E-state index in [1.54, 1.807) is 0 Å². The van der Waals surface area contributed by atoms with E-state index in [0.717, 1.165) is 23.3 Å². The molecule has 0 aliphatic rings. The Morgan fingerprint density at radius 1 is 1.44 bits per heavy atom. The zero-order valence-corrected chi connectivity index (χ0v) is 10.4. The van der Waals surface area contributed by atoms with Gasteiger partial charge in [-0.25, -0.2) is 4.98 Å². The van der Waals surface area contributed by atoms with Gasteiger partial charge in [0, 0.05) is 18.5 Å². The van der Waals surface area contributed by atoms with Crippen LogP contribution in [0.3, 0.4) is 0 Å². The SMILES string of the molecule is C=CCN(CC)c1nc2ccccc2cc1C#N. The molecule has 2 aromatic rings. The Morgan fingerprint density at radius 3 is 2.89 bits per heavy atom. The summed E-state index contributed by atoms with van der Waals surface area (Å²) in [6.45, 7) is 7.27. The van der Waals surface area contributed by atoms with Gasteiger partial charge in [-0.15, -0.1) is 6.58 Å². The van der Waals surface area contributed by atoms with E-state index in [1.165, 1.54) is 0 Å². The van der Waals surface area contributed by atoms with Crippen LogP contribution in [-0.4, -0.2) is 18.1 Å². The molecule has 0 aliphatic carbocycles. The molecule has 90 valence electrons. The highest BCUT2D eigenvalue weighted by Crippen LogP contribution is 2.22. The first-order valence-corrected chi connectivity index (χ1v) is 5.96. The minimum atomic E-state index is 0.609. The molecule has 18 heavy (non-hydrogen) atoms. The number of hydrogen-bond donors (Lipinski definition) is 0. The fraction of sp³-hybridized carbons (Fsp3) is 0.200. The highest BCUT2D eigenvalue weighted by atomic mass is 15.2. The Morgan fingerprint density at radius 2 is 2.22 bits per heavy atom. The molecule has 3 heteroatoms. The number of para-hydroxylation sites is 1. The molecule has 0 amide bonds. The quantitative estimate of drug-likeness (QED) is 0.767. The van der Waals surface area contributed by atoms with Gasteiger partial charge < -0.3 is 4.90 Å². The summed E-state index contributed by atoms with van der Waals surface area (Å²) in [5.74, 6) is 0.735. The lowest BCUT2D eigenvalue weighted by atomic mass is 10.1. The third-order valence-corrected chi connectivity index (χ3v) is 2.86. The number of rotatable bonds is 4. The number of anilines is 1. The van der Waals surface area contributed by atoms with Crippen molar-refractivity contribution in [2.24, 2.45) is 0 Å². The van der Waals surface area contributed by atoms with Crippen LogP contribution in [0.4, 0.5) is 5.82 Å². The van der Waals surface area contributed by atoms with E-state index in [9.17, 15) is 5.26 Å². The Labute approximate surface area is 107 Å². The molecular formula is C15H15N3. The first kappa shape index (κ1) is 12.1. The van der Waals surface area contributed by atoms with Crippen molar-refractivity contribution in [1.29, 1.82) is 5.26 Å². The van der Waals surface area contributed by atoms with Crippen LogP contribution in [0.1, 0.15) is 12.5 Å². The number of nitriles is 1. The highest BCUT2D eigenvalue weighted by Gasteiger charge is 2.11. The van der Waals surface area contributed by atoms with Crippen molar-refractivity contribution in [3.63, 3.8) is 0 Å². The fourth-order valence-electron chi connectivity index (χ4n) is 1.95. The van der Waals surface area contributed by atoms with Gasteiger partial charge in [-0.3, -0.25) is 0 Å². The molecule has 0 radical (unpaired) electrons. The first-order valence-electron chi connectivity index (χ1n) is 5.96. The lowest BCUT2D eigenvalue weighted by Crippen LogP contribution is -2.24. The predicted molar refractivity (Wildman–Crippen MR) is 74.5 cm³/mol. The number of pyridine rings is 1. The molecule has 2 rings (SSSR count). The lowest BCUT2D eigenvalue weighted by Gasteiger charge is -2.21. The predicted octanol–water partition coefficient (Wildman–Crippen LogP) is 3.12. The van der Waals surface area contributed by atoms with Crippen LogP contribution in [0, 0.1) is 11.3 Å². The van der Waals surface area contributed by atoms with Crippen molar-refractivity contribution >= 4 is 16.7 Å². The molecule has 0 bridgehead atoms. The molecular weight excluding hydrogens is 222 g/mol. The second kappa shape index (κ2) is 5.33. The number of aromatic nitrogens is 1. The van der Waals surface area contributed by atoms with Gasteiger partial charge in [0.1, 0.15) is 11.9 Å². The van der Waals surface area contributed by atoms with Crippen LogP contribution in [-0.2, 0) is 0 Å². The van der Waals surface area contributed by atoms with Gasteiger partial charge in [0.15, 0.2) is 0 Å². The van der Waals surface area contributed by atoms with E-state index in [4.69, 9.17) is 0 Å². The third-order valence-electron chi connectivity index (χ3n) is 2.86. The van der Waals surface area contributed by atoms with Gasteiger partial charge in [0.05, 0.1) is 11.1 Å². The van der Waals surface area contributed by atoms with E-state index in [0.29, 0.717) is 12.1 Å². The molecule has 3 nitrogen and oxygen atoms in total. The van der Waals surface area contributed by atoms with Crippen LogP contribution < -0.4 is 4.90 Å². The number of hydrogen-bond acceptors (Lipinski definition) is 3. The highest BCUT2D eigenvalue weighted by molar-refractivity contribution is 5.83. The standard InChI is InChI=1S/C15H15N3/c1-3-9-18(4-2)15-13(11-16)10-12-7-5-6-8-14(12)17-15/h3,5-8,10H,1,4,9H2,2H3. The van der Waals surface area contributed by atoms with Gasteiger partial charge in [-0.2, -0.15) is 5.26 Å². The van der Waals surface area contributed by atoms with Gasteiger partial charge in [-0.1, -0.05) is 24.3 Å². The van der Waals surface area contributed by atoms with Crippen LogP contribution in [0.15, 0.2) is 43.0 Å². The maximum absolute atomic E-state index is 9.25. The average molecular weight is 237 g/mol. The normalized spacial score (nSPS) is 10.0. The summed E-state index contributed by atoms with van der Waals surface area (Å²) >= 11 is 0. The number of benzene rings is 1. The van der Waals surface area contributed by atoms with Crippen molar-refractivity contribution in [1.82, 2.24) is 4.98 Å². The summed E-state index contributed by atoms with van der Waals surface area (Å²) in [4.78, 5) is 6.63. The Balaban J connectivity index is 2.61. The van der Waals surface area contributed by atoms with Crippen LogP contribution >= 0.6 is 0 Å². The van der Waals surface area contributed by atoms with E-state index in [2.05, 4.69) is 17.6 Å². The summed E-state index contributed by atoms with van der Waals surface area (Å²) in [5, 5.41) is 10.2. The molecule has 0 spiro atoms. The summed E-state index contributed by atoms with van der Waals surface area (Å²) in [5.41, 5.74) is 1.52. The maximum atomic E-state index is 9.25. The van der Waals surface area contributed by atoms with Crippen LogP contribution in [0.5, 0.6) is 0 Å². The maximum Gasteiger partial charge on any atom is 0.147 e. The number of likely N-dealkylation sites (N-methyl/N-ethyl adjacent to an activating group) is 1. The second-order valence-electron chi connectivity index (χ2n) is 3.99. The molecule has 0 fully saturated rings. The average Bonchev–Trinajstić information content (AvgIpc) is 2.43. The third kappa shape index (κ3) is 2.18. The summed E-state index contributed by atoms with van der Waals surface area (Å²) in [6, 6.07) is 11.9. The van der Waals surface area contributed by atoms with Crippen molar-refractivity contribution in [2.75, 3.05) is 18.0 Å². The second-order valence-corrected chi connectivity index (χ2v) is 3.99. The minimum absolute atomic E-state index is 0.609. The largest absolute Gasteiger partial charge is 0.352 e. The minimum Gasteiger partial charge on any atom is -0.352 e. The summed E-state index contributed by atoms with van der Waals surface area (Å²) in [7, 11) is 0. The Hall–Kier alpha value is -2.34. The van der Waals surface area contributed by atoms with Gasteiger partial charge in [-0.05, 0) is 19.1 Å². The molecule has 0 saturated heterocycles. The molecule has 1 aromatic heterocycles. The van der Waals surface area contributed by atoms with Crippen molar-refractivity contribution in [3.05, 3.63) is 48.6 Å². The topological polar surface area (TPSA) is 39.9 Å². The van der Waals surface area contributed by atoms with Crippen molar-refractivity contribution in [3.8, 4) is 6.07 Å². The zero-order valence-electron chi connectivity index (χ0n) is 10.4. The van der Waals surface area contributed by atoms with E-state index >= 15 is 0 Å². The van der Waals surface area contributed by atoms with Crippen LogP contribution in [0.2, 0.25) is 0 Å². The zero-order chi connectivity index (χ0) is 13.0. The van der Waals surface area contributed by atoms with E-state index in [1.807, 2.05) is 48.2 Å². The van der Waals surface area contributed by atoms with Gasteiger partial charge in [0.2, 0.25) is 0 Å². The molecule has 0 aliphatic heterocycles. The first-order chi connectivity index (χ1) is 8.80. The molecule has 1 heterocycles. The summed E-state index contributed by atoms with van der Waals surface area (Å²) in [6.07, 6.45) is 1.82. The van der Waals surface area contributed by atoms with E-state index < -0.39 is 0 Å². The lowest BCUT2D eigenvalue weighted by molar-refractivity contribution is 0.885. The molecule has 1 aromatic carbocycles. The Kier molecular flexibility index (Phi) is 3.59. The smallest absolute Gasteiger partial charge is 0.147 e. The molecule has 0 unspecified atom stereocenters. The molecule has 0 saturated carbocycles. The fourth-order valence-corrected chi connectivity index (χ4v) is 1.95. The van der Waals surface area contributed by atoms with Crippen molar-refractivity contribution < 1.29 is 0 Å². The van der Waals surface area contributed by atoms with Crippen LogP contribution in [0.25, 0.3) is 10.9 Å². The van der Waals surface area contributed by atoms with Gasteiger partial charge >= 0.3 is 0 Å². The number of nitrogens with zero attached hydrogens (tertiary/aromatic N) is 3.